The van der Waals surface area contributed by atoms with Gasteiger partial charge in [0.25, 0.3) is 0 Å². The van der Waals surface area contributed by atoms with Crippen molar-refractivity contribution < 1.29 is 4.79 Å². The van der Waals surface area contributed by atoms with Gasteiger partial charge in [0.05, 0.1) is 17.8 Å². The molecule has 0 saturated heterocycles. The van der Waals surface area contributed by atoms with E-state index in [0.717, 1.165) is 23.6 Å². The van der Waals surface area contributed by atoms with Crippen molar-refractivity contribution in [3.8, 4) is 0 Å². The number of nitrogens with zero attached hydrogens (tertiary/aromatic N) is 4. The summed E-state index contributed by atoms with van der Waals surface area (Å²) in [5, 5.41) is 17.9. The lowest BCUT2D eigenvalue weighted by atomic mass is 10.00. The number of nitrogens with one attached hydrogen (secondary N) is 1. The highest BCUT2D eigenvalue weighted by molar-refractivity contribution is 7.99. The van der Waals surface area contributed by atoms with Crippen molar-refractivity contribution in [2.24, 2.45) is 0 Å². The van der Waals surface area contributed by atoms with Crippen LogP contribution in [-0.2, 0) is 4.79 Å². The van der Waals surface area contributed by atoms with Gasteiger partial charge in [0, 0.05) is 0 Å². The maximum Gasteiger partial charge on any atom is 0.230 e. The van der Waals surface area contributed by atoms with Gasteiger partial charge in [-0.3, -0.25) is 4.79 Å². The summed E-state index contributed by atoms with van der Waals surface area (Å²) in [6, 6.07) is 14.7. The molecule has 1 N–H and O–H groups in total. The Morgan fingerprint density at radius 2 is 2.08 bits per heavy atom. The first-order valence-corrected chi connectivity index (χ1v) is 9.38. The van der Waals surface area contributed by atoms with Crippen molar-refractivity contribution in [1.82, 2.24) is 25.5 Å². The number of tetrazole rings is 1. The van der Waals surface area contributed by atoms with Crippen molar-refractivity contribution in [1.29, 1.82) is 0 Å². The minimum Gasteiger partial charge on any atom is -0.349 e. The molecule has 2 aromatic carbocycles. The summed E-state index contributed by atoms with van der Waals surface area (Å²) < 4.78 is 1.83. The fraction of sp³-hybridized carbons (Fsp3) is 0.333. The maximum atomic E-state index is 12.3. The number of carbonyl (C=O) groups is 1. The van der Waals surface area contributed by atoms with Crippen LogP contribution in [0.3, 0.4) is 0 Å². The van der Waals surface area contributed by atoms with Crippen LogP contribution in [0.1, 0.15) is 37.4 Å². The van der Waals surface area contributed by atoms with Crippen LogP contribution in [-0.4, -0.2) is 31.9 Å². The molecule has 3 aromatic rings. The number of carbonyl (C=O) groups excluding carboxylic acids is 1. The molecule has 1 aliphatic rings. The molecule has 1 aliphatic carbocycles. The van der Waals surface area contributed by atoms with Crippen LogP contribution >= 0.6 is 11.8 Å². The van der Waals surface area contributed by atoms with E-state index in [1.165, 1.54) is 22.5 Å². The Kier molecular flexibility index (Phi) is 4.40. The molecule has 4 rings (SSSR count). The van der Waals surface area contributed by atoms with E-state index in [-0.39, 0.29) is 11.9 Å². The molecule has 1 heterocycles. The largest absolute Gasteiger partial charge is 0.349 e. The second kappa shape index (κ2) is 6.84. The van der Waals surface area contributed by atoms with Gasteiger partial charge in [-0.2, -0.15) is 0 Å². The summed E-state index contributed by atoms with van der Waals surface area (Å²) in [5.74, 6) is 0.290. The normalized spacial score (nSPS) is 15.2. The molecule has 0 spiro atoms. The minimum atomic E-state index is -0.0568. The van der Waals surface area contributed by atoms with Crippen molar-refractivity contribution in [3.63, 3.8) is 0 Å². The summed E-state index contributed by atoms with van der Waals surface area (Å²) in [6.07, 6.45) is 2.23. The van der Waals surface area contributed by atoms with Gasteiger partial charge in [-0.05, 0) is 46.5 Å². The van der Waals surface area contributed by atoms with Crippen molar-refractivity contribution in [2.75, 3.05) is 5.75 Å². The Hall–Kier alpha value is -2.41. The number of aromatic nitrogens is 4. The third-order valence-electron chi connectivity index (χ3n) is 4.36. The molecule has 1 aromatic heterocycles. The first-order chi connectivity index (χ1) is 12.2. The number of amides is 1. The topological polar surface area (TPSA) is 72.7 Å². The molecule has 7 heteroatoms. The Morgan fingerprint density at radius 1 is 1.28 bits per heavy atom. The van der Waals surface area contributed by atoms with Gasteiger partial charge in [-0.1, -0.05) is 54.2 Å². The van der Waals surface area contributed by atoms with Gasteiger partial charge >= 0.3 is 0 Å². The third kappa shape index (κ3) is 3.51. The number of fused-ring (bicyclic) bond motifs is 1. The fourth-order valence-electron chi connectivity index (χ4n) is 2.95. The Labute approximate surface area is 150 Å². The van der Waals surface area contributed by atoms with E-state index in [2.05, 4.69) is 45.1 Å². The van der Waals surface area contributed by atoms with Crippen LogP contribution in [0.2, 0.25) is 0 Å². The zero-order chi connectivity index (χ0) is 17.2. The van der Waals surface area contributed by atoms with Crippen molar-refractivity contribution in [3.05, 3.63) is 48.0 Å². The lowest BCUT2D eigenvalue weighted by molar-refractivity contribution is -0.119. The monoisotopic (exact) mass is 353 g/mol. The van der Waals surface area contributed by atoms with Gasteiger partial charge in [-0.25, -0.2) is 4.68 Å². The van der Waals surface area contributed by atoms with E-state index in [1.54, 1.807) is 0 Å². The molecule has 1 fully saturated rings. The molecule has 1 atom stereocenters. The molecule has 1 saturated carbocycles. The molecule has 1 amide bonds. The van der Waals surface area contributed by atoms with Gasteiger partial charge in [0.2, 0.25) is 11.1 Å². The summed E-state index contributed by atoms with van der Waals surface area (Å²) in [6.45, 7) is 2.01. The summed E-state index contributed by atoms with van der Waals surface area (Å²) >= 11 is 1.39. The summed E-state index contributed by atoms with van der Waals surface area (Å²) in [7, 11) is 0. The lowest BCUT2D eigenvalue weighted by Gasteiger charge is -2.16. The molecule has 0 bridgehead atoms. The van der Waals surface area contributed by atoms with E-state index in [0.29, 0.717) is 11.8 Å². The highest BCUT2D eigenvalue weighted by atomic mass is 32.2. The Bertz CT molecular complexity index is 900. The lowest BCUT2D eigenvalue weighted by Crippen LogP contribution is -2.28. The number of benzene rings is 2. The minimum absolute atomic E-state index is 0.0178. The molecular weight excluding hydrogens is 334 g/mol. The average molecular weight is 353 g/mol. The van der Waals surface area contributed by atoms with Crippen LogP contribution in [0.5, 0.6) is 0 Å². The van der Waals surface area contributed by atoms with Crippen LogP contribution in [0.25, 0.3) is 10.8 Å². The number of hydrogen-bond donors (Lipinski definition) is 1. The van der Waals surface area contributed by atoms with Crippen molar-refractivity contribution >= 4 is 28.4 Å². The molecule has 25 heavy (non-hydrogen) atoms. The summed E-state index contributed by atoms with van der Waals surface area (Å²) in [4.78, 5) is 12.3. The predicted molar refractivity (Wildman–Crippen MR) is 97.3 cm³/mol. The second-order valence-corrected chi connectivity index (χ2v) is 7.23. The molecular formula is C18H19N5OS. The zero-order valence-electron chi connectivity index (χ0n) is 13.9. The number of hydrogen-bond acceptors (Lipinski definition) is 5. The zero-order valence-corrected chi connectivity index (χ0v) is 14.7. The van der Waals surface area contributed by atoms with E-state index in [4.69, 9.17) is 0 Å². The van der Waals surface area contributed by atoms with Crippen LogP contribution < -0.4 is 5.32 Å². The Balaban J connectivity index is 1.40. The van der Waals surface area contributed by atoms with E-state index in [9.17, 15) is 4.79 Å². The first kappa shape index (κ1) is 16.1. The van der Waals surface area contributed by atoms with E-state index in [1.807, 2.05) is 29.8 Å². The van der Waals surface area contributed by atoms with E-state index >= 15 is 0 Å². The standard InChI is InChI=1S/C18H19N5OS/c1-12(15-8-4-6-13-5-2-3-7-16(13)15)19-17(24)11-25-18-20-21-22-23(18)14-9-10-14/h2-8,12,14H,9-11H2,1H3,(H,19,24). The molecule has 1 unspecified atom stereocenters. The van der Waals surface area contributed by atoms with Gasteiger partial charge in [0.1, 0.15) is 0 Å². The third-order valence-corrected chi connectivity index (χ3v) is 5.29. The number of thioether (sulfide) groups is 1. The smallest absolute Gasteiger partial charge is 0.230 e. The van der Waals surface area contributed by atoms with Gasteiger partial charge in [0.15, 0.2) is 0 Å². The highest BCUT2D eigenvalue weighted by Crippen LogP contribution is 2.36. The maximum absolute atomic E-state index is 12.3. The first-order valence-electron chi connectivity index (χ1n) is 8.40. The molecule has 0 aliphatic heterocycles. The van der Waals surface area contributed by atoms with Gasteiger partial charge in [-0.15, -0.1) is 5.10 Å². The van der Waals surface area contributed by atoms with E-state index < -0.39 is 0 Å². The fourth-order valence-corrected chi connectivity index (χ4v) is 3.70. The number of rotatable bonds is 6. The van der Waals surface area contributed by atoms with Crippen LogP contribution in [0.15, 0.2) is 47.6 Å². The summed E-state index contributed by atoms with van der Waals surface area (Å²) in [5.41, 5.74) is 1.12. The predicted octanol–water partition coefficient (Wildman–Crippen LogP) is 3.13. The van der Waals surface area contributed by atoms with Gasteiger partial charge < -0.3 is 5.32 Å². The molecule has 0 radical (unpaired) electrons. The second-order valence-electron chi connectivity index (χ2n) is 6.28. The Morgan fingerprint density at radius 3 is 2.92 bits per heavy atom. The highest BCUT2D eigenvalue weighted by Gasteiger charge is 2.28. The van der Waals surface area contributed by atoms with Crippen molar-refractivity contribution in [2.45, 2.75) is 37.0 Å². The quantitative estimate of drug-likeness (QED) is 0.689. The van der Waals surface area contributed by atoms with Crippen LogP contribution in [0.4, 0.5) is 0 Å². The van der Waals surface area contributed by atoms with Crippen LogP contribution in [0, 0.1) is 0 Å². The molecule has 128 valence electrons. The SMILES string of the molecule is CC(NC(=O)CSc1nnnn1C1CC1)c1cccc2ccccc12. The molecule has 6 nitrogen and oxygen atoms in total. The average Bonchev–Trinajstić information content (AvgIpc) is 3.37.